The summed E-state index contributed by atoms with van der Waals surface area (Å²) in [5.74, 6) is 0.957. The molecule has 0 radical (unpaired) electrons. The Hall–Kier alpha value is -2.57. The summed E-state index contributed by atoms with van der Waals surface area (Å²) in [6, 6.07) is 3.71. The van der Waals surface area contributed by atoms with Crippen LogP contribution in [-0.2, 0) is 4.79 Å². The van der Waals surface area contributed by atoms with E-state index in [1.165, 1.54) is 19.1 Å². The maximum Gasteiger partial charge on any atom is 0.289 e. The van der Waals surface area contributed by atoms with Gasteiger partial charge in [-0.3, -0.25) is 9.59 Å². The molecule has 2 aliphatic heterocycles. The van der Waals surface area contributed by atoms with Crippen molar-refractivity contribution in [2.24, 2.45) is 11.3 Å². The molecule has 2 aromatic rings. The summed E-state index contributed by atoms with van der Waals surface area (Å²) in [6.07, 6.45) is 8.63. The molecule has 2 amide bonds. The van der Waals surface area contributed by atoms with E-state index in [1.807, 2.05) is 11.2 Å². The first-order chi connectivity index (χ1) is 14.0. The first kappa shape index (κ1) is 18.5. The lowest BCUT2D eigenvalue weighted by Crippen LogP contribution is -2.41. The summed E-state index contributed by atoms with van der Waals surface area (Å²) < 4.78 is 7.41. The molecule has 0 bridgehead atoms. The first-order valence-corrected chi connectivity index (χ1v) is 10.6. The predicted molar refractivity (Wildman–Crippen MR) is 106 cm³/mol. The average Bonchev–Trinajstić information content (AvgIpc) is 3.16. The summed E-state index contributed by atoms with van der Waals surface area (Å²) in [4.78, 5) is 35.1. The number of rotatable bonds is 5. The molecule has 4 heterocycles. The third-order valence-electron chi connectivity index (χ3n) is 6.85. The summed E-state index contributed by atoms with van der Waals surface area (Å²) in [5.41, 5.74) is 0.336. The highest BCUT2D eigenvalue weighted by molar-refractivity contribution is 5.94. The molecule has 5 rings (SSSR count). The number of furan rings is 1. The molecule has 2 aromatic heterocycles. The Morgan fingerprint density at radius 3 is 2.86 bits per heavy atom. The number of nitrogens with zero attached hydrogens (tertiary/aromatic N) is 4. The number of carbonyl (C=O) groups is 2. The Morgan fingerprint density at radius 2 is 2.21 bits per heavy atom. The second kappa shape index (κ2) is 6.75. The lowest BCUT2D eigenvalue weighted by molar-refractivity contribution is -0.136. The molecular formula is C22H28N4O3. The quantitative estimate of drug-likeness (QED) is 0.779. The van der Waals surface area contributed by atoms with Crippen LogP contribution in [0.25, 0.3) is 0 Å². The van der Waals surface area contributed by atoms with Gasteiger partial charge in [0.15, 0.2) is 5.76 Å². The van der Waals surface area contributed by atoms with Crippen molar-refractivity contribution in [2.45, 2.75) is 45.1 Å². The molecule has 1 spiro atoms. The zero-order valence-corrected chi connectivity index (χ0v) is 17.1. The van der Waals surface area contributed by atoms with Gasteiger partial charge < -0.3 is 18.8 Å². The molecule has 7 nitrogen and oxygen atoms in total. The molecule has 29 heavy (non-hydrogen) atoms. The van der Waals surface area contributed by atoms with E-state index in [2.05, 4.69) is 29.6 Å². The van der Waals surface area contributed by atoms with Crippen molar-refractivity contribution >= 4 is 11.8 Å². The molecule has 1 aliphatic carbocycles. The Labute approximate surface area is 170 Å². The van der Waals surface area contributed by atoms with Crippen LogP contribution in [0.2, 0.25) is 0 Å². The van der Waals surface area contributed by atoms with Gasteiger partial charge in [0.1, 0.15) is 0 Å². The Kier molecular flexibility index (Phi) is 4.29. The SMILES string of the molecule is CC(C)n1cnc([C@H]2CN(C(=O)c3ccco3)C[C@]23CCN(CC2CC2)C3=O)c1. The summed E-state index contributed by atoms with van der Waals surface area (Å²) in [5, 5.41) is 0. The molecule has 154 valence electrons. The summed E-state index contributed by atoms with van der Waals surface area (Å²) in [7, 11) is 0. The minimum absolute atomic E-state index is 0.0851. The smallest absolute Gasteiger partial charge is 0.289 e. The number of carbonyl (C=O) groups excluding carboxylic acids is 2. The largest absolute Gasteiger partial charge is 0.459 e. The van der Waals surface area contributed by atoms with Crippen molar-refractivity contribution in [2.75, 3.05) is 26.2 Å². The molecule has 7 heteroatoms. The van der Waals surface area contributed by atoms with Crippen molar-refractivity contribution < 1.29 is 14.0 Å². The van der Waals surface area contributed by atoms with E-state index in [0.29, 0.717) is 30.8 Å². The average molecular weight is 396 g/mol. The van der Waals surface area contributed by atoms with Gasteiger partial charge in [0.25, 0.3) is 5.91 Å². The van der Waals surface area contributed by atoms with Crippen molar-refractivity contribution in [3.05, 3.63) is 42.4 Å². The van der Waals surface area contributed by atoms with Crippen molar-refractivity contribution in [3.8, 4) is 0 Å². The number of hydrogen-bond acceptors (Lipinski definition) is 4. The minimum atomic E-state index is -0.576. The molecule has 0 unspecified atom stereocenters. The molecule has 2 saturated heterocycles. The van der Waals surface area contributed by atoms with Crippen LogP contribution >= 0.6 is 0 Å². The molecule has 1 saturated carbocycles. The van der Waals surface area contributed by atoms with Gasteiger partial charge in [-0.15, -0.1) is 0 Å². The maximum absolute atomic E-state index is 13.6. The van der Waals surface area contributed by atoms with Crippen LogP contribution < -0.4 is 0 Å². The van der Waals surface area contributed by atoms with Gasteiger partial charge in [-0.2, -0.15) is 0 Å². The maximum atomic E-state index is 13.6. The third kappa shape index (κ3) is 3.07. The lowest BCUT2D eigenvalue weighted by atomic mass is 9.75. The van der Waals surface area contributed by atoms with Crippen LogP contribution in [0.4, 0.5) is 0 Å². The Bertz CT molecular complexity index is 914. The van der Waals surface area contributed by atoms with Gasteiger partial charge in [0, 0.05) is 44.3 Å². The van der Waals surface area contributed by atoms with E-state index in [0.717, 1.165) is 25.2 Å². The van der Waals surface area contributed by atoms with Gasteiger partial charge >= 0.3 is 0 Å². The second-order valence-corrected chi connectivity index (χ2v) is 9.16. The van der Waals surface area contributed by atoms with Gasteiger partial charge in [-0.05, 0) is 51.2 Å². The topological polar surface area (TPSA) is 71.6 Å². The fourth-order valence-electron chi connectivity index (χ4n) is 4.93. The van der Waals surface area contributed by atoms with Gasteiger partial charge in [-0.1, -0.05) is 0 Å². The Morgan fingerprint density at radius 1 is 1.38 bits per heavy atom. The summed E-state index contributed by atoms with van der Waals surface area (Å²) in [6.45, 7) is 6.80. The first-order valence-electron chi connectivity index (χ1n) is 10.6. The molecule has 0 N–H and O–H groups in total. The number of imidazole rings is 1. The zero-order chi connectivity index (χ0) is 20.2. The lowest BCUT2D eigenvalue weighted by Gasteiger charge is -2.27. The standard InChI is InChI=1S/C22H28N4O3/c1-15(2)26-12-18(23-14-26)17-11-25(20(27)19-4-3-9-29-19)13-22(17)7-8-24(21(22)28)10-16-5-6-16/h3-4,9,12,14-17H,5-8,10-11,13H2,1-2H3/t17-,22-/m1/s1. The molecule has 3 fully saturated rings. The van der Waals surface area contributed by atoms with Crippen LogP contribution in [0, 0.1) is 11.3 Å². The highest BCUT2D eigenvalue weighted by atomic mass is 16.3. The normalized spacial score (nSPS) is 27.0. The fraction of sp³-hybridized carbons (Fsp3) is 0.591. The van der Waals surface area contributed by atoms with Gasteiger partial charge in [0.2, 0.25) is 5.91 Å². The van der Waals surface area contributed by atoms with Crippen LogP contribution in [0.5, 0.6) is 0 Å². The van der Waals surface area contributed by atoms with E-state index < -0.39 is 5.41 Å². The number of hydrogen-bond donors (Lipinski definition) is 0. The molecule has 2 atom stereocenters. The molecular weight excluding hydrogens is 368 g/mol. The van der Waals surface area contributed by atoms with E-state index in [-0.39, 0.29) is 17.7 Å². The summed E-state index contributed by atoms with van der Waals surface area (Å²) >= 11 is 0. The van der Waals surface area contributed by atoms with E-state index in [1.54, 1.807) is 17.0 Å². The van der Waals surface area contributed by atoms with E-state index in [4.69, 9.17) is 4.42 Å². The number of aromatic nitrogens is 2. The monoisotopic (exact) mass is 396 g/mol. The van der Waals surface area contributed by atoms with Crippen LogP contribution in [0.15, 0.2) is 35.3 Å². The van der Waals surface area contributed by atoms with Crippen LogP contribution in [0.3, 0.4) is 0 Å². The van der Waals surface area contributed by atoms with Crippen molar-refractivity contribution in [3.63, 3.8) is 0 Å². The van der Waals surface area contributed by atoms with Crippen molar-refractivity contribution in [1.82, 2.24) is 19.4 Å². The third-order valence-corrected chi connectivity index (χ3v) is 6.85. The zero-order valence-electron chi connectivity index (χ0n) is 17.1. The fourth-order valence-corrected chi connectivity index (χ4v) is 4.93. The highest BCUT2D eigenvalue weighted by Crippen LogP contribution is 2.50. The van der Waals surface area contributed by atoms with Crippen molar-refractivity contribution in [1.29, 1.82) is 0 Å². The van der Waals surface area contributed by atoms with Gasteiger partial charge in [0.05, 0.1) is 23.7 Å². The number of likely N-dealkylation sites (tertiary alicyclic amines) is 2. The molecule has 0 aromatic carbocycles. The Balaban J connectivity index is 1.47. The predicted octanol–water partition coefficient (Wildman–Crippen LogP) is 2.93. The van der Waals surface area contributed by atoms with E-state index in [9.17, 15) is 9.59 Å². The second-order valence-electron chi connectivity index (χ2n) is 9.16. The van der Waals surface area contributed by atoms with Crippen LogP contribution in [-0.4, -0.2) is 57.3 Å². The highest BCUT2D eigenvalue weighted by Gasteiger charge is 2.59. The molecule has 3 aliphatic rings. The van der Waals surface area contributed by atoms with Gasteiger partial charge in [-0.25, -0.2) is 4.98 Å². The minimum Gasteiger partial charge on any atom is -0.459 e. The van der Waals surface area contributed by atoms with Crippen LogP contribution in [0.1, 0.15) is 61.3 Å². The van der Waals surface area contributed by atoms with E-state index >= 15 is 0 Å². The number of amides is 2.